The van der Waals surface area contributed by atoms with Crippen LogP contribution in [0.3, 0.4) is 0 Å². The number of ketones is 1. The van der Waals surface area contributed by atoms with Gasteiger partial charge >= 0.3 is 0 Å². The molecule has 16 heavy (non-hydrogen) atoms. The molecule has 0 saturated carbocycles. The highest BCUT2D eigenvalue weighted by Gasteiger charge is 2.16. The van der Waals surface area contributed by atoms with E-state index >= 15 is 0 Å². The van der Waals surface area contributed by atoms with Crippen molar-refractivity contribution < 1.29 is 9.53 Å². The lowest BCUT2D eigenvalue weighted by Gasteiger charge is -2.07. The van der Waals surface area contributed by atoms with Gasteiger partial charge in [-0.05, 0) is 38.5 Å². The summed E-state index contributed by atoms with van der Waals surface area (Å²) in [5.74, 6) is 0.673. The third-order valence-corrected chi connectivity index (χ3v) is 3.00. The molecular formula is C13H15NO2. The number of nitrogens with one attached hydrogen (secondary N) is 1. The second-order valence-corrected chi connectivity index (χ2v) is 4.00. The topological polar surface area (TPSA) is 42.1 Å². The van der Waals surface area contributed by atoms with Crippen molar-refractivity contribution in [1.82, 2.24) is 4.98 Å². The van der Waals surface area contributed by atoms with Crippen molar-refractivity contribution in [3.8, 4) is 5.75 Å². The number of aromatic amines is 1. The Morgan fingerprint density at radius 3 is 2.56 bits per heavy atom. The Morgan fingerprint density at radius 1 is 1.31 bits per heavy atom. The number of aromatic nitrogens is 1. The van der Waals surface area contributed by atoms with Crippen molar-refractivity contribution in [1.29, 1.82) is 0 Å². The third kappa shape index (κ3) is 1.40. The van der Waals surface area contributed by atoms with Crippen LogP contribution in [0.15, 0.2) is 12.1 Å². The molecule has 2 aromatic rings. The van der Waals surface area contributed by atoms with E-state index in [1.54, 1.807) is 14.0 Å². The highest BCUT2D eigenvalue weighted by Crippen LogP contribution is 2.31. The summed E-state index contributed by atoms with van der Waals surface area (Å²) in [7, 11) is 1.59. The van der Waals surface area contributed by atoms with E-state index in [1.165, 1.54) is 0 Å². The number of H-pyrrole nitrogens is 1. The number of carbonyl (C=O) groups excluding carboxylic acids is 1. The summed E-state index contributed by atoms with van der Waals surface area (Å²) in [6.07, 6.45) is 0. The van der Waals surface area contributed by atoms with Crippen LogP contribution in [-0.2, 0) is 0 Å². The van der Waals surface area contributed by atoms with Crippen molar-refractivity contribution in [3.63, 3.8) is 0 Å². The summed E-state index contributed by atoms with van der Waals surface area (Å²) in [6, 6.07) is 3.77. The molecule has 84 valence electrons. The monoisotopic (exact) mass is 217 g/mol. The predicted molar refractivity (Wildman–Crippen MR) is 64.3 cm³/mol. The summed E-state index contributed by atoms with van der Waals surface area (Å²) in [4.78, 5) is 15.0. The van der Waals surface area contributed by atoms with Crippen molar-refractivity contribution in [2.75, 3.05) is 7.11 Å². The van der Waals surface area contributed by atoms with Gasteiger partial charge in [0, 0.05) is 16.6 Å². The average molecular weight is 217 g/mol. The predicted octanol–water partition coefficient (Wildman–Crippen LogP) is 3.00. The van der Waals surface area contributed by atoms with Crippen LogP contribution in [0.25, 0.3) is 10.9 Å². The van der Waals surface area contributed by atoms with Gasteiger partial charge in [0.1, 0.15) is 5.75 Å². The molecular weight excluding hydrogens is 202 g/mol. The fourth-order valence-electron chi connectivity index (χ4n) is 2.08. The standard InChI is InChI=1S/C13H15NO2/c1-7-8(2)14-10-5-6-11(16-4)13(9(3)15)12(7)10/h5-6,14H,1-4H3. The molecule has 0 fully saturated rings. The fourth-order valence-corrected chi connectivity index (χ4v) is 2.08. The first-order valence-corrected chi connectivity index (χ1v) is 5.23. The van der Waals surface area contributed by atoms with Gasteiger partial charge in [-0.15, -0.1) is 0 Å². The van der Waals surface area contributed by atoms with Gasteiger partial charge in [0.2, 0.25) is 0 Å². The molecule has 1 aromatic heterocycles. The summed E-state index contributed by atoms with van der Waals surface area (Å²) < 4.78 is 5.24. The van der Waals surface area contributed by atoms with Crippen LogP contribution in [-0.4, -0.2) is 17.9 Å². The van der Waals surface area contributed by atoms with Crippen molar-refractivity contribution in [2.24, 2.45) is 0 Å². The van der Waals surface area contributed by atoms with Crippen LogP contribution in [0.2, 0.25) is 0 Å². The fraction of sp³-hybridized carbons (Fsp3) is 0.308. The first kappa shape index (κ1) is 10.7. The van der Waals surface area contributed by atoms with E-state index in [4.69, 9.17) is 4.74 Å². The normalized spacial score (nSPS) is 10.8. The molecule has 1 aromatic carbocycles. The summed E-state index contributed by atoms with van der Waals surface area (Å²) in [5.41, 5.74) is 3.85. The molecule has 0 aliphatic carbocycles. The van der Waals surface area contributed by atoms with E-state index in [0.29, 0.717) is 11.3 Å². The highest BCUT2D eigenvalue weighted by atomic mass is 16.5. The number of ether oxygens (including phenoxy) is 1. The minimum absolute atomic E-state index is 0.0320. The molecule has 0 bridgehead atoms. The quantitative estimate of drug-likeness (QED) is 0.786. The average Bonchev–Trinajstić information content (AvgIpc) is 2.53. The maximum Gasteiger partial charge on any atom is 0.164 e. The smallest absolute Gasteiger partial charge is 0.164 e. The minimum Gasteiger partial charge on any atom is -0.496 e. The Morgan fingerprint density at radius 2 is 2.00 bits per heavy atom. The highest BCUT2D eigenvalue weighted by molar-refractivity contribution is 6.10. The third-order valence-electron chi connectivity index (χ3n) is 3.00. The van der Waals surface area contributed by atoms with Crippen LogP contribution < -0.4 is 4.74 Å². The van der Waals surface area contributed by atoms with E-state index in [1.807, 2.05) is 26.0 Å². The number of benzene rings is 1. The molecule has 0 amide bonds. The van der Waals surface area contributed by atoms with E-state index in [9.17, 15) is 4.79 Å². The van der Waals surface area contributed by atoms with Gasteiger partial charge in [0.05, 0.1) is 12.7 Å². The Kier molecular flexibility index (Phi) is 2.46. The minimum atomic E-state index is 0.0320. The zero-order valence-corrected chi connectivity index (χ0v) is 9.97. The SMILES string of the molecule is COc1ccc2[nH]c(C)c(C)c2c1C(C)=O. The second kappa shape index (κ2) is 3.67. The van der Waals surface area contributed by atoms with E-state index in [2.05, 4.69) is 4.98 Å². The van der Waals surface area contributed by atoms with Crippen LogP contribution in [0.1, 0.15) is 28.5 Å². The number of methoxy groups -OCH3 is 1. The number of rotatable bonds is 2. The number of carbonyl (C=O) groups is 1. The Labute approximate surface area is 94.4 Å². The summed E-state index contributed by atoms with van der Waals surface area (Å²) in [6.45, 7) is 5.59. The van der Waals surface area contributed by atoms with Gasteiger partial charge in [0.25, 0.3) is 0 Å². The zero-order valence-electron chi connectivity index (χ0n) is 9.97. The molecule has 1 heterocycles. The molecule has 3 nitrogen and oxygen atoms in total. The van der Waals surface area contributed by atoms with E-state index < -0.39 is 0 Å². The molecule has 0 aliphatic heterocycles. The van der Waals surface area contributed by atoms with E-state index in [-0.39, 0.29) is 5.78 Å². The van der Waals surface area contributed by atoms with E-state index in [0.717, 1.165) is 22.2 Å². The van der Waals surface area contributed by atoms with Crippen molar-refractivity contribution in [2.45, 2.75) is 20.8 Å². The molecule has 0 radical (unpaired) electrons. The lowest BCUT2D eigenvalue weighted by Crippen LogP contribution is -1.98. The van der Waals surface area contributed by atoms with Gasteiger partial charge in [-0.2, -0.15) is 0 Å². The lowest BCUT2D eigenvalue weighted by molar-refractivity contribution is 0.101. The largest absolute Gasteiger partial charge is 0.496 e. The maximum absolute atomic E-state index is 11.7. The van der Waals surface area contributed by atoms with Gasteiger partial charge in [-0.25, -0.2) is 0 Å². The molecule has 1 N–H and O–H groups in total. The van der Waals surface area contributed by atoms with Crippen LogP contribution in [0.4, 0.5) is 0 Å². The number of fused-ring (bicyclic) bond motifs is 1. The zero-order chi connectivity index (χ0) is 11.9. The van der Waals surface area contributed by atoms with Crippen LogP contribution in [0, 0.1) is 13.8 Å². The number of hydrogen-bond acceptors (Lipinski definition) is 2. The van der Waals surface area contributed by atoms with Gasteiger partial charge in [-0.3, -0.25) is 4.79 Å². The first-order chi connectivity index (χ1) is 7.56. The Balaban J connectivity index is 2.93. The molecule has 0 aliphatic rings. The van der Waals surface area contributed by atoms with Gasteiger partial charge < -0.3 is 9.72 Å². The Bertz CT molecular complexity index is 567. The molecule has 2 rings (SSSR count). The van der Waals surface area contributed by atoms with Gasteiger partial charge in [0.15, 0.2) is 5.78 Å². The number of aryl methyl sites for hydroxylation is 2. The second-order valence-electron chi connectivity index (χ2n) is 4.00. The Hall–Kier alpha value is -1.77. The first-order valence-electron chi connectivity index (χ1n) is 5.23. The molecule has 0 atom stereocenters. The molecule has 3 heteroatoms. The lowest BCUT2D eigenvalue weighted by atomic mass is 10.0. The van der Waals surface area contributed by atoms with Crippen LogP contribution >= 0.6 is 0 Å². The summed E-state index contributed by atoms with van der Waals surface area (Å²) >= 11 is 0. The van der Waals surface area contributed by atoms with Crippen molar-refractivity contribution in [3.05, 3.63) is 29.0 Å². The summed E-state index contributed by atoms with van der Waals surface area (Å²) in [5, 5.41) is 0.976. The molecule has 0 spiro atoms. The molecule has 0 saturated heterocycles. The van der Waals surface area contributed by atoms with Gasteiger partial charge in [-0.1, -0.05) is 0 Å². The van der Waals surface area contributed by atoms with Crippen LogP contribution in [0.5, 0.6) is 5.75 Å². The maximum atomic E-state index is 11.7. The number of Topliss-reactive ketones (excluding diaryl/α,β-unsaturated/α-hetero) is 1. The number of hydrogen-bond donors (Lipinski definition) is 1. The van der Waals surface area contributed by atoms with Crippen molar-refractivity contribution >= 4 is 16.7 Å². The molecule has 0 unspecified atom stereocenters.